The molecule has 8 nitrogen and oxygen atoms in total. The second kappa shape index (κ2) is 11.7. The molecule has 1 aromatic heterocycles. The Balaban J connectivity index is 1.52. The van der Waals surface area contributed by atoms with Crippen molar-refractivity contribution in [2.24, 2.45) is 0 Å². The molecule has 188 valence electrons. The van der Waals surface area contributed by atoms with Gasteiger partial charge in [0.2, 0.25) is 5.91 Å². The van der Waals surface area contributed by atoms with Gasteiger partial charge in [0, 0.05) is 29.6 Å². The summed E-state index contributed by atoms with van der Waals surface area (Å²) in [6.07, 6.45) is 3.01. The lowest BCUT2D eigenvalue weighted by Crippen LogP contribution is -2.27. The van der Waals surface area contributed by atoms with E-state index in [9.17, 15) is 14.9 Å². The van der Waals surface area contributed by atoms with E-state index in [-0.39, 0.29) is 11.6 Å². The van der Waals surface area contributed by atoms with Gasteiger partial charge < -0.3 is 5.32 Å². The number of aryl methyl sites for hydroxylation is 2. The number of nitrogens with zero attached hydrogens (tertiary/aromatic N) is 4. The summed E-state index contributed by atoms with van der Waals surface area (Å²) in [5, 5.41) is 23.4. The number of benzene rings is 3. The van der Waals surface area contributed by atoms with Gasteiger partial charge in [0.15, 0.2) is 11.0 Å². The van der Waals surface area contributed by atoms with Crippen molar-refractivity contribution in [1.82, 2.24) is 20.1 Å². The molecular weight excluding hydrogens is 486 g/mol. The average Bonchev–Trinajstić information content (AvgIpc) is 3.31. The van der Waals surface area contributed by atoms with Gasteiger partial charge in [-0.3, -0.25) is 19.5 Å². The fourth-order valence-electron chi connectivity index (χ4n) is 3.75. The summed E-state index contributed by atoms with van der Waals surface area (Å²) in [6.45, 7) is 5.97. The van der Waals surface area contributed by atoms with Crippen LogP contribution in [0.25, 0.3) is 11.8 Å². The Morgan fingerprint density at radius 1 is 1.05 bits per heavy atom. The van der Waals surface area contributed by atoms with Crippen molar-refractivity contribution in [3.8, 4) is 5.69 Å². The molecule has 3 aromatic carbocycles. The van der Waals surface area contributed by atoms with Gasteiger partial charge in [-0.1, -0.05) is 59.3 Å². The van der Waals surface area contributed by atoms with Gasteiger partial charge in [0.05, 0.1) is 11.0 Å². The van der Waals surface area contributed by atoms with Crippen molar-refractivity contribution < 1.29 is 9.72 Å². The molecule has 0 fully saturated rings. The van der Waals surface area contributed by atoms with Crippen LogP contribution in [0.5, 0.6) is 0 Å². The topological polar surface area (TPSA) is 103 Å². The number of amides is 1. The fraction of sp³-hybridized carbons (Fsp3) is 0.179. The molecule has 0 aliphatic carbocycles. The number of nitro benzene ring substituents is 1. The average molecular weight is 514 g/mol. The van der Waals surface area contributed by atoms with Gasteiger partial charge in [0.1, 0.15) is 0 Å². The molecule has 0 radical (unpaired) electrons. The highest BCUT2D eigenvalue weighted by Gasteiger charge is 2.20. The lowest BCUT2D eigenvalue weighted by molar-refractivity contribution is -0.384. The highest BCUT2D eigenvalue weighted by atomic mass is 32.2. The number of nitrogens with one attached hydrogen (secondary N) is 1. The molecule has 1 amide bonds. The number of thioether (sulfide) groups is 1. The maximum Gasteiger partial charge on any atom is 0.269 e. The summed E-state index contributed by atoms with van der Waals surface area (Å²) in [4.78, 5) is 23.0. The van der Waals surface area contributed by atoms with Crippen molar-refractivity contribution in [3.63, 3.8) is 0 Å². The van der Waals surface area contributed by atoms with E-state index in [2.05, 4.69) is 40.6 Å². The Bertz CT molecular complexity index is 1430. The lowest BCUT2D eigenvalue weighted by Gasteiger charge is -2.16. The Morgan fingerprint density at radius 2 is 1.78 bits per heavy atom. The van der Waals surface area contributed by atoms with Gasteiger partial charge in [-0.25, -0.2) is 0 Å². The molecule has 1 unspecified atom stereocenters. The number of carbonyl (C=O) groups excluding carboxylic acids is 1. The van der Waals surface area contributed by atoms with Crippen LogP contribution in [-0.2, 0) is 10.5 Å². The first kappa shape index (κ1) is 25.8. The first-order valence-corrected chi connectivity index (χ1v) is 12.7. The highest BCUT2D eigenvalue weighted by molar-refractivity contribution is 7.98. The summed E-state index contributed by atoms with van der Waals surface area (Å²) in [6, 6.07) is 22.0. The van der Waals surface area contributed by atoms with Crippen LogP contribution in [0.3, 0.4) is 0 Å². The second-order valence-electron chi connectivity index (χ2n) is 8.70. The summed E-state index contributed by atoms with van der Waals surface area (Å²) in [7, 11) is 0. The van der Waals surface area contributed by atoms with Crippen molar-refractivity contribution in [2.45, 2.75) is 37.7 Å². The largest absolute Gasteiger partial charge is 0.343 e. The molecule has 0 bridgehead atoms. The standard InChI is InChI=1S/C28H27N5O3S/c1-19-7-12-24(13-8-19)32-27(30-31-28(32)37-18-23-6-4-5-20(2)17-23)21(3)29-26(34)16-11-22-9-14-25(15-10-22)33(35)36/h4-17,21H,18H2,1-3H3,(H,29,34)/b16-11+. The van der Waals surface area contributed by atoms with Crippen LogP contribution >= 0.6 is 11.8 Å². The number of aromatic nitrogens is 3. The predicted octanol–water partition coefficient (Wildman–Crippen LogP) is 5.98. The third-order valence-corrected chi connectivity index (χ3v) is 6.68. The molecule has 0 aliphatic heterocycles. The number of hydrogen-bond acceptors (Lipinski definition) is 6. The third kappa shape index (κ3) is 6.71. The molecule has 0 spiro atoms. The number of carbonyl (C=O) groups is 1. The molecular formula is C28H27N5O3S. The second-order valence-corrected chi connectivity index (χ2v) is 9.64. The number of rotatable bonds is 9. The zero-order valence-electron chi connectivity index (χ0n) is 20.8. The predicted molar refractivity (Wildman–Crippen MR) is 146 cm³/mol. The smallest absolute Gasteiger partial charge is 0.269 e. The molecule has 1 heterocycles. The van der Waals surface area contributed by atoms with E-state index in [4.69, 9.17) is 0 Å². The zero-order chi connectivity index (χ0) is 26.4. The normalized spacial score (nSPS) is 12.0. The van der Waals surface area contributed by atoms with Crippen molar-refractivity contribution in [3.05, 3.63) is 117 Å². The molecule has 1 atom stereocenters. The molecule has 1 N–H and O–H groups in total. The summed E-state index contributed by atoms with van der Waals surface area (Å²) < 4.78 is 1.98. The van der Waals surface area contributed by atoms with Gasteiger partial charge in [-0.05, 0) is 62.2 Å². The minimum atomic E-state index is -0.459. The van der Waals surface area contributed by atoms with Crippen LogP contribution in [0, 0.1) is 24.0 Å². The van der Waals surface area contributed by atoms with Crippen LogP contribution in [0.2, 0.25) is 0 Å². The van der Waals surface area contributed by atoms with Gasteiger partial charge in [-0.15, -0.1) is 10.2 Å². The van der Waals surface area contributed by atoms with Crippen molar-refractivity contribution in [2.75, 3.05) is 0 Å². The first-order valence-electron chi connectivity index (χ1n) is 11.7. The van der Waals surface area contributed by atoms with E-state index in [1.54, 1.807) is 30.0 Å². The summed E-state index contributed by atoms with van der Waals surface area (Å²) in [5.41, 5.74) is 5.15. The van der Waals surface area contributed by atoms with Gasteiger partial charge in [0.25, 0.3) is 5.69 Å². The van der Waals surface area contributed by atoms with Crippen molar-refractivity contribution >= 4 is 29.4 Å². The zero-order valence-corrected chi connectivity index (χ0v) is 21.6. The quantitative estimate of drug-likeness (QED) is 0.128. The Morgan fingerprint density at radius 3 is 2.46 bits per heavy atom. The Labute approximate surface area is 219 Å². The minimum absolute atomic E-state index is 0.00161. The molecule has 0 saturated heterocycles. The molecule has 0 aliphatic rings. The maximum atomic E-state index is 12.6. The van der Waals surface area contributed by atoms with E-state index in [1.807, 2.05) is 48.7 Å². The number of nitro groups is 1. The van der Waals surface area contributed by atoms with E-state index < -0.39 is 11.0 Å². The maximum absolute atomic E-state index is 12.6. The summed E-state index contributed by atoms with van der Waals surface area (Å²) >= 11 is 1.59. The molecule has 4 aromatic rings. The van der Waals surface area contributed by atoms with Crippen LogP contribution in [0.4, 0.5) is 5.69 Å². The van der Waals surface area contributed by atoms with Gasteiger partial charge >= 0.3 is 0 Å². The number of non-ortho nitro benzene ring substituents is 1. The van der Waals surface area contributed by atoms with Crippen LogP contribution in [0.15, 0.2) is 84.0 Å². The van der Waals surface area contributed by atoms with Gasteiger partial charge in [-0.2, -0.15) is 0 Å². The monoisotopic (exact) mass is 513 g/mol. The SMILES string of the molecule is Cc1ccc(-n2c(SCc3cccc(C)c3)nnc2C(C)NC(=O)/C=C/c2ccc([N+](=O)[O-])cc2)cc1. The van der Waals surface area contributed by atoms with E-state index in [0.29, 0.717) is 11.4 Å². The third-order valence-electron chi connectivity index (χ3n) is 5.68. The van der Waals surface area contributed by atoms with Crippen molar-refractivity contribution in [1.29, 1.82) is 0 Å². The van der Waals surface area contributed by atoms with Crippen LogP contribution in [0.1, 0.15) is 41.0 Å². The lowest BCUT2D eigenvalue weighted by atomic mass is 10.2. The minimum Gasteiger partial charge on any atom is -0.343 e. The molecule has 37 heavy (non-hydrogen) atoms. The van der Waals surface area contributed by atoms with Crippen LogP contribution in [-0.4, -0.2) is 25.6 Å². The molecule has 4 rings (SSSR count). The Hall–Kier alpha value is -4.24. The van der Waals surface area contributed by atoms with E-state index in [1.165, 1.54) is 29.3 Å². The summed E-state index contributed by atoms with van der Waals surface area (Å²) in [5.74, 6) is 1.05. The van der Waals surface area contributed by atoms with E-state index in [0.717, 1.165) is 22.2 Å². The highest BCUT2D eigenvalue weighted by Crippen LogP contribution is 2.28. The Kier molecular flexibility index (Phi) is 8.15. The molecule has 0 saturated carbocycles. The van der Waals surface area contributed by atoms with Crippen LogP contribution < -0.4 is 5.32 Å². The first-order chi connectivity index (χ1) is 17.8. The fourth-order valence-corrected chi connectivity index (χ4v) is 4.65. The molecule has 9 heteroatoms. The van der Waals surface area contributed by atoms with E-state index >= 15 is 0 Å². The number of hydrogen-bond donors (Lipinski definition) is 1.